The molecule has 2 rings (SSSR count). The number of aliphatic hydroxyl groups excluding tert-OH is 8. The lowest BCUT2D eigenvalue weighted by molar-refractivity contribution is -0.187. The second kappa shape index (κ2) is 23.3. The number of amides is 5. The van der Waals surface area contributed by atoms with Gasteiger partial charge < -0.3 is 51.5 Å². The van der Waals surface area contributed by atoms with Gasteiger partial charge in [0.25, 0.3) is 23.6 Å². The van der Waals surface area contributed by atoms with Gasteiger partial charge in [-0.25, -0.2) is 10.0 Å². The Morgan fingerprint density at radius 3 is 1.13 bits per heavy atom. The average Bonchev–Trinajstić information content (AvgIpc) is 3.11. The fourth-order valence-corrected chi connectivity index (χ4v) is 13.1. The van der Waals surface area contributed by atoms with Gasteiger partial charge >= 0.3 is 0 Å². The summed E-state index contributed by atoms with van der Waals surface area (Å²) in [7, 11) is 0. The van der Waals surface area contributed by atoms with E-state index in [1.807, 2.05) is 45.2 Å². The number of halogens is 6. The number of hydrazine groups is 2. The van der Waals surface area contributed by atoms with E-state index < -0.39 is 87.6 Å². The Morgan fingerprint density at radius 2 is 0.868 bits per heavy atom. The minimum absolute atomic E-state index is 0.0148. The van der Waals surface area contributed by atoms with Crippen LogP contribution in [0.1, 0.15) is 41.4 Å². The van der Waals surface area contributed by atoms with Crippen LogP contribution in [0.2, 0.25) is 0 Å². The molecule has 53 heavy (non-hydrogen) atoms. The van der Waals surface area contributed by atoms with Crippen LogP contribution in [0, 0.1) is 21.4 Å². The third-order valence-electron chi connectivity index (χ3n) is 7.13. The highest BCUT2D eigenvalue weighted by Gasteiger charge is 2.41. The summed E-state index contributed by atoms with van der Waals surface area (Å²) in [4.78, 5) is 68.7. The van der Waals surface area contributed by atoms with Crippen molar-refractivity contribution in [3.8, 4) is 0 Å². The smallest absolute Gasteiger partial charge is 0.276 e. The maximum atomic E-state index is 14.6. The summed E-state index contributed by atoms with van der Waals surface area (Å²) in [6.07, 6.45) is -2.56. The van der Waals surface area contributed by atoms with E-state index in [4.69, 9.17) is 10.2 Å². The van der Waals surface area contributed by atoms with E-state index in [9.17, 15) is 54.6 Å². The third kappa shape index (κ3) is 11.9. The van der Waals surface area contributed by atoms with Crippen LogP contribution in [0.15, 0.2) is 12.1 Å². The molecule has 0 aliphatic rings. The predicted octanol–water partition coefficient (Wildman–Crippen LogP) is -0.940. The summed E-state index contributed by atoms with van der Waals surface area (Å²) < 4.78 is 1.28. The summed E-state index contributed by atoms with van der Waals surface area (Å²) >= 11 is 10.7. The van der Waals surface area contributed by atoms with Gasteiger partial charge in [-0.1, -0.05) is 0 Å². The molecule has 0 aliphatic carbocycles. The molecule has 10 N–H and O–H groups in total. The van der Waals surface area contributed by atoms with Gasteiger partial charge in [0.1, 0.15) is 12.1 Å². The van der Waals surface area contributed by atoms with Gasteiger partial charge in [0.15, 0.2) is 0 Å². The molecular weight excluding hydrogens is 1390 g/mol. The number of rotatable bonds is 19. The minimum Gasteiger partial charge on any atom is -0.394 e. The molecule has 2 unspecified atom stereocenters. The number of nitrogens with zero attached hydrogens (tertiary/aromatic N) is 3. The van der Waals surface area contributed by atoms with Crippen LogP contribution >= 0.6 is 136 Å². The van der Waals surface area contributed by atoms with Crippen LogP contribution in [0.5, 0.6) is 0 Å². The third-order valence-corrected chi connectivity index (χ3v) is 12.7. The number of carbonyl (C=O) groups is 5. The molecule has 0 radical (unpaired) electrons. The van der Waals surface area contributed by atoms with Crippen molar-refractivity contribution < 1.29 is 64.8 Å². The standard InChI is InChI=1S/C29H33I6N5O13/c30-16-1-18(32)22(24(34)20(16)26(50)36-3-14(48)9-45)28(52)39(12(5-41)6-42)38(11-47)40(13(7-43)8-44)29(53)23-19(33)2-17(31)21(25(23)35)27(51)37-4-15(49)10-46/h1-2,11-15,41-46,48-49H,3-10H2,(H,36,50)(H,37,51). The number of hydrogen-bond acceptors (Lipinski definition) is 13. The first kappa shape index (κ1) is 49.0. The Bertz CT molecular complexity index is 1550. The second-order valence-electron chi connectivity index (χ2n) is 10.7. The molecule has 2 atom stereocenters. The molecule has 24 heteroatoms. The van der Waals surface area contributed by atoms with E-state index in [2.05, 4.69) is 10.6 Å². The van der Waals surface area contributed by atoms with Gasteiger partial charge in [0, 0.05) is 34.5 Å². The van der Waals surface area contributed by atoms with Crippen molar-refractivity contribution in [3.63, 3.8) is 0 Å². The zero-order valence-corrected chi connectivity index (χ0v) is 39.9. The Balaban J connectivity index is 2.88. The van der Waals surface area contributed by atoms with E-state index in [1.165, 1.54) is 12.1 Å². The van der Waals surface area contributed by atoms with Crippen LogP contribution in [0.3, 0.4) is 0 Å². The zero-order valence-electron chi connectivity index (χ0n) is 26.9. The number of nitrogens with one attached hydrogen (secondary N) is 2. The van der Waals surface area contributed by atoms with Crippen molar-refractivity contribution in [2.24, 2.45) is 0 Å². The number of carbonyl (C=O) groups excluding carboxylic acids is 5. The van der Waals surface area contributed by atoms with Crippen molar-refractivity contribution >= 4 is 166 Å². The highest BCUT2D eigenvalue weighted by atomic mass is 127. The molecule has 0 saturated heterocycles. The van der Waals surface area contributed by atoms with Crippen molar-refractivity contribution in [1.29, 1.82) is 0 Å². The highest BCUT2D eigenvalue weighted by molar-refractivity contribution is 14.1. The Morgan fingerprint density at radius 1 is 0.566 bits per heavy atom. The quantitative estimate of drug-likeness (QED) is 0.0463. The summed E-state index contributed by atoms with van der Waals surface area (Å²) in [5.74, 6) is -3.69. The van der Waals surface area contributed by atoms with Crippen LogP contribution in [-0.2, 0) is 4.79 Å². The second-order valence-corrected chi connectivity index (χ2v) is 17.5. The van der Waals surface area contributed by atoms with Crippen molar-refractivity contribution in [2.75, 3.05) is 52.7 Å². The summed E-state index contributed by atoms with van der Waals surface area (Å²) in [6, 6.07) is -0.337. The summed E-state index contributed by atoms with van der Waals surface area (Å²) in [6.45, 7) is -5.80. The van der Waals surface area contributed by atoms with Crippen LogP contribution in [-0.4, -0.2) is 163 Å². The molecule has 2 aromatic rings. The number of benzene rings is 2. The average molecular weight is 1420 g/mol. The lowest BCUT2D eigenvalue weighted by Gasteiger charge is -2.44. The van der Waals surface area contributed by atoms with Gasteiger partial charge in [0.05, 0.1) is 74.1 Å². The SMILES string of the molecule is O=CN(N(C(=O)c1c(I)cc(I)c(C(=O)NCC(O)CO)c1I)C(CO)CO)N(C(=O)c1c(I)cc(I)c(C(=O)NCC(O)CO)c1I)C(CO)CO. The normalized spacial score (nSPS) is 12.4. The van der Waals surface area contributed by atoms with Gasteiger partial charge in [-0.3, -0.25) is 24.0 Å². The van der Waals surface area contributed by atoms with Crippen LogP contribution in [0.4, 0.5) is 0 Å². The first-order valence-corrected chi connectivity index (χ1v) is 21.3. The predicted molar refractivity (Wildman–Crippen MR) is 236 cm³/mol. The summed E-state index contributed by atoms with van der Waals surface area (Å²) in [5.41, 5.74) is -0.478. The molecule has 0 aliphatic heterocycles. The molecule has 294 valence electrons. The largest absolute Gasteiger partial charge is 0.394 e. The van der Waals surface area contributed by atoms with Crippen molar-refractivity contribution in [3.05, 3.63) is 55.8 Å². The first-order chi connectivity index (χ1) is 25.0. The monoisotopic (exact) mass is 1420 g/mol. The Hall–Kier alpha value is -0.150. The molecular formula is C29H33I6N5O13. The maximum Gasteiger partial charge on any atom is 0.276 e. The van der Waals surface area contributed by atoms with E-state index >= 15 is 0 Å². The fourth-order valence-electron chi connectivity index (χ4n) is 4.43. The molecule has 0 fully saturated rings. The van der Waals surface area contributed by atoms with E-state index in [1.54, 1.807) is 90.4 Å². The van der Waals surface area contributed by atoms with E-state index in [-0.39, 0.29) is 56.0 Å². The molecule has 0 heterocycles. The molecule has 0 saturated carbocycles. The van der Waals surface area contributed by atoms with Gasteiger partial charge in [-0.2, -0.15) is 5.12 Å². The van der Waals surface area contributed by atoms with Gasteiger partial charge in [-0.05, 0) is 148 Å². The highest BCUT2D eigenvalue weighted by Crippen LogP contribution is 2.33. The fraction of sp³-hybridized carbons (Fsp3) is 0.414. The van der Waals surface area contributed by atoms with Crippen LogP contribution in [0.25, 0.3) is 0 Å². The van der Waals surface area contributed by atoms with Crippen molar-refractivity contribution in [2.45, 2.75) is 24.3 Å². The molecule has 5 amide bonds. The lowest BCUT2D eigenvalue weighted by atomic mass is 10.1. The number of hydrogen-bond donors (Lipinski definition) is 10. The van der Waals surface area contributed by atoms with Crippen molar-refractivity contribution in [1.82, 2.24) is 25.8 Å². The van der Waals surface area contributed by atoms with Gasteiger partial charge in [0.2, 0.25) is 6.41 Å². The topological polar surface area (TPSA) is 281 Å². The van der Waals surface area contributed by atoms with E-state index in [0.29, 0.717) is 22.3 Å². The first-order valence-electron chi connectivity index (χ1n) is 14.8. The van der Waals surface area contributed by atoms with Gasteiger partial charge in [-0.15, -0.1) is 0 Å². The Kier molecular flexibility index (Phi) is 21.5. The molecule has 0 aromatic heterocycles. The lowest BCUT2D eigenvalue weighted by Crippen LogP contribution is -2.65. The number of aliphatic hydroxyl groups is 8. The molecule has 0 spiro atoms. The molecule has 18 nitrogen and oxygen atoms in total. The Labute approximate surface area is 384 Å². The molecule has 0 bridgehead atoms. The molecule has 2 aromatic carbocycles. The zero-order chi connectivity index (χ0) is 40.3. The minimum atomic E-state index is -1.63. The van der Waals surface area contributed by atoms with Crippen LogP contribution < -0.4 is 10.6 Å². The summed E-state index contributed by atoms with van der Waals surface area (Å²) in [5, 5.41) is 85.5. The maximum absolute atomic E-state index is 14.6. The van der Waals surface area contributed by atoms with E-state index in [0.717, 1.165) is 0 Å².